The molecule has 0 unspecified atom stereocenters. The summed E-state index contributed by atoms with van der Waals surface area (Å²) in [5.41, 5.74) is 1.60. The first kappa shape index (κ1) is 32.9. The Balaban J connectivity index is 1.40. The number of rotatable bonds is 14. The maximum atomic E-state index is 12.9. The van der Waals surface area contributed by atoms with Gasteiger partial charge < -0.3 is 35.5 Å². The van der Waals surface area contributed by atoms with Crippen LogP contribution >= 0.6 is 11.6 Å². The molecule has 1 aliphatic carbocycles. The van der Waals surface area contributed by atoms with E-state index < -0.39 is 29.8 Å². The van der Waals surface area contributed by atoms with E-state index in [1.165, 1.54) is 7.11 Å². The molecule has 4 rings (SSSR count). The molecule has 4 N–H and O–H groups in total. The van der Waals surface area contributed by atoms with Crippen molar-refractivity contribution in [2.45, 2.75) is 44.7 Å². The number of aromatic nitrogens is 3. The highest BCUT2D eigenvalue weighted by Crippen LogP contribution is 2.48. The first-order valence-corrected chi connectivity index (χ1v) is 14.7. The molecule has 14 nitrogen and oxygen atoms in total. The molecular weight excluding hydrogens is 606 g/mol. The SMILES string of the molecule is CCOC(=O)C(=O)NCC[C@H](NC(=O)c1ccc(Nc2nc(NC3(c4ccc(Cl)cc4)CC3)nc(OCC)n2)cc1)C(=O)OC. The van der Waals surface area contributed by atoms with E-state index in [-0.39, 0.29) is 42.6 Å². The van der Waals surface area contributed by atoms with Crippen LogP contribution in [0.3, 0.4) is 0 Å². The Morgan fingerprint density at radius 2 is 1.62 bits per heavy atom. The summed E-state index contributed by atoms with van der Waals surface area (Å²) < 4.78 is 15.0. The van der Waals surface area contributed by atoms with E-state index in [0.717, 1.165) is 18.4 Å². The highest BCUT2D eigenvalue weighted by molar-refractivity contribution is 6.32. The molecule has 1 aliphatic rings. The normalized spacial score (nSPS) is 13.5. The number of nitrogens with zero attached hydrogens (tertiary/aromatic N) is 3. The summed E-state index contributed by atoms with van der Waals surface area (Å²) in [6.45, 7) is 3.74. The van der Waals surface area contributed by atoms with Gasteiger partial charge in [-0.15, -0.1) is 0 Å². The number of hydrogen-bond donors (Lipinski definition) is 4. The standard InChI is InChI=1S/C30H34ClN7O7/c1-4-44-26(42)24(40)32-17-14-22(25(41)43-3)34-23(39)18-6-12-21(13-7-18)33-27-35-28(37-29(36-27)45-5-2)38-30(15-16-30)19-8-10-20(31)11-9-19/h6-13,22H,4-5,14-17H2,1-3H3,(H,32,40)(H,34,39)(H2,33,35,36,37,38)/t22-/m0/s1. The number of anilines is 3. The summed E-state index contributed by atoms with van der Waals surface area (Å²) in [7, 11) is 1.18. The number of nitrogens with one attached hydrogen (secondary N) is 4. The summed E-state index contributed by atoms with van der Waals surface area (Å²) in [5.74, 6) is -2.66. The minimum atomic E-state index is -1.07. The molecule has 1 fully saturated rings. The van der Waals surface area contributed by atoms with Crippen LogP contribution in [0.4, 0.5) is 17.6 Å². The summed E-state index contributed by atoms with van der Waals surface area (Å²) >= 11 is 6.06. The average Bonchev–Trinajstić information content (AvgIpc) is 3.81. The fourth-order valence-electron chi connectivity index (χ4n) is 4.32. The molecule has 0 bridgehead atoms. The number of carbonyl (C=O) groups excluding carboxylic acids is 4. The molecule has 1 aromatic heterocycles. The van der Waals surface area contributed by atoms with Crippen LogP contribution in [0.1, 0.15) is 49.0 Å². The Morgan fingerprint density at radius 1 is 0.933 bits per heavy atom. The Labute approximate surface area is 264 Å². The molecule has 15 heteroatoms. The number of methoxy groups -OCH3 is 1. The highest BCUT2D eigenvalue weighted by atomic mass is 35.5. The topological polar surface area (TPSA) is 183 Å². The number of carbonyl (C=O) groups is 4. The maximum absolute atomic E-state index is 12.9. The number of benzene rings is 2. The van der Waals surface area contributed by atoms with Crippen molar-refractivity contribution in [3.8, 4) is 6.01 Å². The van der Waals surface area contributed by atoms with Crippen molar-refractivity contribution in [1.82, 2.24) is 25.6 Å². The van der Waals surface area contributed by atoms with Crippen LogP contribution in [-0.4, -0.2) is 71.6 Å². The van der Waals surface area contributed by atoms with Crippen LogP contribution in [0.5, 0.6) is 6.01 Å². The number of amides is 2. The fraction of sp³-hybridized carbons (Fsp3) is 0.367. The molecule has 45 heavy (non-hydrogen) atoms. The van der Waals surface area contributed by atoms with Crippen molar-refractivity contribution in [2.75, 3.05) is 37.5 Å². The van der Waals surface area contributed by atoms with Crippen LogP contribution in [0.15, 0.2) is 48.5 Å². The third-order valence-corrected chi connectivity index (χ3v) is 7.01. The van der Waals surface area contributed by atoms with Crippen molar-refractivity contribution < 1.29 is 33.4 Å². The number of ether oxygens (including phenoxy) is 3. The predicted octanol–water partition coefficient (Wildman–Crippen LogP) is 3.11. The van der Waals surface area contributed by atoms with E-state index in [4.69, 9.17) is 21.1 Å². The van der Waals surface area contributed by atoms with Gasteiger partial charge in [-0.25, -0.2) is 9.59 Å². The monoisotopic (exact) mass is 639 g/mol. The van der Waals surface area contributed by atoms with Gasteiger partial charge in [0.05, 0.1) is 25.9 Å². The van der Waals surface area contributed by atoms with Gasteiger partial charge in [0.15, 0.2) is 0 Å². The van der Waals surface area contributed by atoms with Gasteiger partial charge in [0.2, 0.25) is 11.9 Å². The number of halogens is 1. The Kier molecular flexibility index (Phi) is 11.1. The molecule has 1 saturated carbocycles. The highest BCUT2D eigenvalue weighted by Gasteiger charge is 2.45. The van der Waals surface area contributed by atoms with Gasteiger partial charge in [-0.3, -0.25) is 9.59 Å². The van der Waals surface area contributed by atoms with Crippen LogP contribution in [0, 0.1) is 0 Å². The van der Waals surface area contributed by atoms with E-state index in [1.807, 2.05) is 31.2 Å². The van der Waals surface area contributed by atoms with Gasteiger partial charge in [0.25, 0.3) is 5.91 Å². The lowest BCUT2D eigenvalue weighted by molar-refractivity contribution is -0.154. The molecular formula is C30H34ClN7O7. The quantitative estimate of drug-likeness (QED) is 0.150. The van der Waals surface area contributed by atoms with Gasteiger partial charge >= 0.3 is 23.9 Å². The molecule has 0 spiro atoms. The second kappa shape index (κ2) is 15.1. The zero-order valence-corrected chi connectivity index (χ0v) is 25.8. The van der Waals surface area contributed by atoms with Crippen LogP contribution in [0.25, 0.3) is 0 Å². The van der Waals surface area contributed by atoms with Gasteiger partial charge in [0, 0.05) is 22.8 Å². The second-order valence-electron chi connectivity index (χ2n) is 9.93. The van der Waals surface area contributed by atoms with Gasteiger partial charge in [-0.2, -0.15) is 15.0 Å². The molecule has 1 heterocycles. The van der Waals surface area contributed by atoms with E-state index in [0.29, 0.717) is 23.3 Å². The molecule has 0 saturated heterocycles. The first-order chi connectivity index (χ1) is 21.7. The predicted molar refractivity (Wildman–Crippen MR) is 164 cm³/mol. The molecule has 2 aromatic carbocycles. The summed E-state index contributed by atoms with van der Waals surface area (Å²) in [6, 6.07) is 13.1. The third-order valence-electron chi connectivity index (χ3n) is 6.76. The summed E-state index contributed by atoms with van der Waals surface area (Å²) in [6.07, 6.45) is 1.78. The lowest BCUT2D eigenvalue weighted by Gasteiger charge is -2.19. The number of esters is 2. The van der Waals surface area contributed by atoms with Gasteiger partial charge in [0.1, 0.15) is 6.04 Å². The zero-order valence-electron chi connectivity index (χ0n) is 25.0. The lowest BCUT2D eigenvalue weighted by atomic mass is 10.1. The third kappa shape index (κ3) is 9.01. The first-order valence-electron chi connectivity index (χ1n) is 14.3. The van der Waals surface area contributed by atoms with Crippen molar-refractivity contribution in [1.29, 1.82) is 0 Å². The van der Waals surface area contributed by atoms with Crippen LogP contribution < -0.4 is 26.0 Å². The molecule has 2 amide bonds. The second-order valence-corrected chi connectivity index (χ2v) is 10.4. The van der Waals surface area contributed by atoms with Gasteiger partial charge in [-0.05, 0) is 75.1 Å². The van der Waals surface area contributed by atoms with E-state index in [2.05, 4.69) is 41.0 Å². The van der Waals surface area contributed by atoms with Crippen LogP contribution in [0.2, 0.25) is 5.02 Å². The average molecular weight is 640 g/mol. The molecule has 238 valence electrons. The van der Waals surface area contributed by atoms with E-state index in [9.17, 15) is 19.2 Å². The van der Waals surface area contributed by atoms with Crippen molar-refractivity contribution >= 4 is 52.9 Å². The molecule has 0 radical (unpaired) electrons. The smallest absolute Gasteiger partial charge is 0.396 e. The van der Waals surface area contributed by atoms with E-state index >= 15 is 0 Å². The molecule has 0 aliphatic heterocycles. The van der Waals surface area contributed by atoms with Gasteiger partial charge in [-0.1, -0.05) is 23.7 Å². The van der Waals surface area contributed by atoms with Crippen LogP contribution in [-0.2, 0) is 29.4 Å². The van der Waals surface area contributed by atoms with Crippen molar-refractivity contribution in [3.05, 3.63) is 64.7 Å². The Morgan fingerprint density at radius 3 is 2.24 bits per heavy atom. The minimum Gasteiger partial charge on any atom is -0.467 e. The van der Waals surface area contributed by atoms with Crippen molar-refractivity contribution in [2.24, 2.45) is 0 Å². The fourth-order valence-corrected chi connectivity index (χ4v) is 4.45. The largest absolute Gasteiger partial charge is 0.467 e. The molecule has 1 atom stereocenters. The minimum absolute atomic E-state index is 0.0135. The summed E-state index contributed by atoms with van der Waals surface area (Å²) in [5, 5.41) is 12.1. The summed E-state index contributed by atoms with van der Waals surface area (Å²) in [4.78, 5) is 61.6. The van der Waals surface area contributed by atoms with Crippen molar-refractivity contribution in [3.63, 3.8) is 0 Å². The lowest BCUT2D eigenvalue weighted by Crippen LogP contribution is -2.44. The Hall–Kier alpha value is -4.98. The zero-order chi connectivity index (χ0) is 32.4. The maximum Gasteiger partial charge on any atom is 0.396 e. The Bertz CT molecular complexity index is 1520. The number of hydrogen-bond acceptors (Lipinski definition) is 12. The molecule has 3 aromatic rings. The van der Waals surface area contributed by atoms with E-state index in [1.54, 1.807) is 31.2 Å².